The fourth-order valence-electron chi connectivity index (χ4n) is 8.13. The molecule has 0 N–H and O–H groups in total. The van der Waals surface area contributed by atoms with Crippen molar-refractivity contribution >= 4 is 45.1 Å². The van der Waals surface area contributed by atoms with Crippen molar-refractivity contribution in [3.8, 4) is 11.1 Å². The zero-order valence-electron chi connectivity index (χ0n) is 27.6. The van der Waals surface area contributed by atoms with E-state index < -0.39 is 7.14 Å². The molecular formula is C45H36NO2P. The van der Waals surface area contributed by atoms with E-state index in [1.807, 2.05) is 60.7 Å². The summed E-state index contributed by atoms with van der Waals surface area (Å²) < 4.78 is 21.9. The molecule has 0 aromatic heterocycles. The van der Waals surface area contributed by atoms with Crippen LogP contribution in [0.25, 0.3) is 27.5 Å². The fourth-order valence-corrected chi connectivity index (χ4v) is 10.8. The average Bonchev–Trinajstić information content (AvgIpc) is 3.47. The van der Waals surface area contributed by atoms with E-state index in [0.717, 1.165) is 45.0 Å². The lowest BCUT2D eigenvalue weighted by molar-refractivity contribution is 0.251. The van der Waals surface area contributed by atoms with Gasteiger partial charge in [-0.05, 0) is 52.9 Å². The highest BCUT2D eigenvalue weighted by atomic mass is 31.2. The second-order valence-electron chi connectivity index (χ2n) is 13.5. The summed E-state index contributed by atoms with van der Waals surface area (Å²) >= 11 is 0. The maximum Gasteiger partial charge on any atom is 0.171 e. The lowest BCUT2D eigenvalue weighted by Gasteiger charge is -2.39. The molecule has 3 aliphatic rings. The Bertz CT molecular complexity index is 2340. The van der Waals surface area contributed by atoms with Gasteiger partial charge in [-0.1, -0.05) is 152 Å². The minimum absolute atomic E-state index is 0.0859. The third kappa shape index (κ3) is 4.53. The molecule has 4 heteroatoms. The van der Waals surface area contributed by atoms with Crippen molar-refractivity contribution in [3.63, 3.8) is 0 Å². The number of ether oxygens (including phenoxy) is 1. The maximum absolute atomic E-state index is 15.0. The lowest BCUT2D eigenvalue weighted by atomic mass is 9.71. The molecular weight excluding hydrogens is 617 g/mol. The van der Waals surface area contributed by atoms with E-state index >= 15 is 0 Å². The molecule has 2 atom stereocenters. The zero-order chi connectivity index (χ0) is 33.2. The normalized spacial score (nSPS) is 19.6. The van der Waals surface area contributed by atoms with Crippen LogP contribution in [0.3, 0.4) is 0 Å². The van der Waals surface area contributed by atoms with Gasteiger partial charge in [-0.15, -0.1) is 0 Å². The summed E-state index contributed by atoms with van der Waals surface area (Å²) in [7, 11) is -0.859. The summed E-state index contributed by atoms with van der Waals surface area (Å²) in [6.45, 7) is 2.32. The highest BCUT2D eigenvalue weighted by Gasteiger charge is 2.50. The van der Waals surface area contributed by atoms with Gasteiger partial charge in [0.1, 0.15) is 17.6 Å². The molecule has 2 aliphatic heterocycles. The topological polar surface area (TPSA) is 29.5 Å². The van der Waals surface area contributed by atoms with Crippen LogP contribution < -0.4 is 20.8 Å². The van der Waals surface area contributed by atoms with Crippen LogP contribution in [0.4, 0.5) is 5.69 Å². The Morgan fingerprint density at radius 2 is 1.35 bits per heavy atom. The Morgan fingerprint density at radius 3 is 2.08 bits per heavy atom. The van der Waals surface area contributed by atoms with E-state index in [1.165, 1.54) is 33.2 Å². The molecule has 0 spiro atoms. The maximum atomic E-state index is 15.0. The highest BCUT2D eigenvalue weighted by molar-refractivity contribution is 7.85. The predicted octanol–water partition coefficient (Wildman–Crippen LogP) is 9.93. The van der Waals surface area contributed by atoms with Gasteiger partial charge in [-0.2, -0.15) is 0 Å². The van der Waals surface area contributed by atoms with Crippen LogP contribution in [0.15, 0.2) is 175 Å². The van der Waals surface area contributed by atoms with Gasteiger partial charge in [-0.25, -0.2) is 0 Å². The molecule has 9 rings (SSSR count). The van der Waals surface area contributed by atoms with Crippen molar-refractivity contribution < 1.29 is 9.30 Å². The second kappa shape index (κ2) is 11.4. The van der Waals surface area contributed by atoms with Gasteiger partial charge in [0.05, 0.1) is 5.41 Å². The van der Waals surface area contributed by atoms with Crippen molar-refractivity contribution in [1.82, 2.24) is 0 Å². The standard InChI is InChI=1S/C45H36NO2P/c1-45-29-12-11-22-41(45)48-44-42(45)39-28-25-33(30-40(39)46(2)43(44)38-21-13-15-32-14-9-10-20-37(32)38)31-23-26-36(27-24-31)49(47,34-16-5-3-6-17-34)35-18-7-4-8-19-35/h3-28,30,43H,29H2,1-2H3. The Morgan fingerprint density at radius 1 is 0.714 bits per heavy atom. The molecule has 0 saturated heterocycles. The third-order valence-electron chi connectivity index (χ3n) is 10.7. The van der Waals surface area contributed by atoms with Crippen LogP contribution in [0.1, 0.15) is 30.5 Å². The molecule has 49 heavy (non-hydrogen) atoms. The lowest BCUT2D eigenvalue weighted by Crippen LogP contribution is -2.31. The minimum Gasteiger partial charge on any atom is -0.462 e. The summed E-state index contributed by atoms with van der Waals surface area (Å²) in [5.74, 6) is 2.05. The molecule has 0 fully saturated rings. The summed E-state index contributed by atoms with van der Waals surface area (Å²) in [6.07, 6.45) is 7.41. The van der Waals surface area contributed by atoms with Crippen LogP contribution in [-0.4, -0.2) is 7.05 Å². The van der Waals surface area contributed by atoms with Crippen LogP contribution in [-0.2, 0) is 9.30 Å². The molecule has 6 aromatic rings. The van der Waals surface area contributed by atoms with Crippen molar-refractivity contribution in [2.24, 2.45) is 5.41 Å². The molecule has 238 valence electrons. The summed E-state index contributed by atoms with van der Waals surface area (Å²) in [4.78, 5) is 2.39. The first-order chi connectivity index (χ1) is 24.0. The van der Waals surface area contributed by atoms with Gasteiger partial charge < -0.3 is 14.2 Å². The van der Waals surface area contributed by atoms with Crippen LogP contribution in [0.5, 0.6) is 0 Å². The minimum atomic E-state index is -3.05. The second-order valence-corrected chi connectivity index (χ2v) is 16.2. The molecule has 2 unspecified atom stereocenters. The number of anilines is 1. The number of likely N-dealkylation sites (N-methyl/N-ethyl adjacent to an activating group) is 1. The van der Waals surface area contributed by atoms with Crippen molar-refractivity contribution in [3.05, 3.63) is 186 Å². The van der Waals surface area contributed by atoms with Crippen LogP contribution >= 0.6 is 7.14 Å². The van der Waals surface area contributed by atoms with Gasteiger partial charge in [0.25, 0.3) is 0 Å². The number of nitrogens with zero attached hydrogens (tertiary/aromatic N) is 1. The number of hydrogen-bond acceptors (Lipinski definition) is 3. The Hall–Kier alpha value is -5.37. The molecule has 6 aromatic carbocycles. The fraction of sp³-hybridized carbons (Fsp3) is 0.111. The van der Waals surface area contributed by atoms with E-state index in [1.54, 1.807) is 0 Å². The number of rotatable bonds is 5. The molecule has 0 saturated carbocycles. The van der Waals surface area contributed by atoms with Gasteiger partial charge >= 0.3 is 0 Å². The number of hydrogen-bond donors (Lipinski definition) is 0. The zero-order valence-corrected chi connectivity index (χ0v) is 28.5. The average molecular weight is 654 g/mol. The van der Waals surface area contributed by atoms with Gasteiger partial charge in [0.15, 0.2) is 7.14 Å². The smallest absolute Gasteiger partial charge is 0.171 e. The number of fused-ring (bicyclic) bond motifs is 5. The largest absolute Gasteiger partial charge is 0.462 e. The van der Waals surface area contributed by atoms with E-state index in [-0.39, 0.29) is 11.5 Å². The molecule has 1 aliphatic carbocycles. The number of allylic oxidation sites excluding steroid dienone is 4. The first-order valence-electron chi connectivity index (χ1n) is 16.9. The van der Waals surface area contributed by atoms with Gasteiger partial charge in [0.2, 0.25) is 0 Å². The van der Waals surface area contributed by atoms with Crippen LogP contribution in [0, 0.1) is 5.41 Å². The van der Waals surface area contributed by atoms with E-state index in [4.69, 9.17) is 4.74 Å². The van der Waals surface area contributed by atoms with Crippen molar-refractivity contribution in [1.29, 1.82) is 0 Å². The monoisotopic (exact) mass is 653 g/mol. The van der Waals surface area contributed by atoms with E-state index in [2.05, 4.69) is 122 Å². The molecule has 0 bridgehead atoms. The van der Waals surface area contributed by atoms with Gasteiger partial charge in [0, 0.05) is 39.8 Å². The predicted molar refractivity (Wildman–Crippen MR) is 204 cm³/mol. The quantitative estimate of drug-likeness (QED) is 0.174. The van der Waals surface area contributed by atoms with Crippen molar-refractivity contribution in [2.75, 3.05) is 11.9 Å². The Labute approximate surface area is 287 Å². The summed E-state index contributed by atoms with van der Waals surface area (Å²) in [5, 5.41) is 4.97. The first kappa shape index (κ1) is 29.7. The summed E-state index contributed by atoms with van der Waals surface area (Å²) in [6, 6.07) is 50.0. The SMILES string of the molecule is CN1c2cc(-c3ccc(P(=O)(c4ccccc4)c4ccccc4)cc3)ccc2C2=C(OC3=CC=CCC32C)C1c1cccc2ccccc12. The number of benzene rings is 6. The Balaban J connectivity index is 1.17. The first-order valence-corrected chi connectivity index (χ1v) is 18.6. The highest BCUT2D eigenvalue weighted by Crippen LogP contribution is 2.61. The van der Waals surface area contributed by atoms with Gasteiger partial charge in [-0.3, -0.25) is 0 Å². The summed E-state index contributed by atoms with van der Waals surface area (Å²) in [5.41, 5.74) is 6.89. The van der Waals surface area contributed by atoms with Crippen LogP contribution in [0.2, 0.25) is 0 Å². The Kier molecular flexibility index (Phi) is 6.90. The molecule has 0 radical (unpaired) electrons. The molecule has 2 heterocycles. The van der Waals surface area contributed by atoms with E-state index in [0.29, 0.717) is 0 Å². The molecule has 0 amide bonds. The third-order valence-corrected chi connectivity index (χ3v) is 13.8. The molecule has 3 nitrogen and oxygen atoms in total. The van der Waals surface area contributed by atoms with E-state index in [9.17, 15) is 4.57 Å². The van der Waals surface area contributed by atoms with Crippen molar-refractivity contribution in [2.45, 2.75) is 19.4 Å².